The molecule has 2 aromatic heterocycles. The van der Waals surface area contributed by atoms with Gasteiger partial charge in [-0.3, -0.25) is 4.90 Å². The lowest BCUT2D eigenvalue weighted by Gasteiger charge is -2.35. The maximum atomic E-state index is 6.77. The van der Waals surface area contributed by atoms with E-state index in [2.05, 4.69) is 59.6 Å². The van der Waals surface area contributed by atoms with Crippen LogP contribution in [0.15, 0.2) is 48.5 Å². The lowest BCUT2D eigenvalue weighted by Crippen LogP contribution is -2.53. The zero-order valence-electron chi connectivity index (χ0n) is 18.9. The van der Waals surface area contributed by atoms with Gasteiger partial charge in [-0.1, -0.05) is 24.3 Å². The van der Waals surface area contributed by atoms with Gasteiger partial charge in [0.2, 0.25) is 5.28 Å². The van der Waals surface area contributed by atoms with E-state index in [0.29, 0.717) is 12.0 Å². The molecule has 0 amide bonds. The van der Waals surface area contributed by atoms with Crippen molar-refractivity contribution in [1.29, 1.82) is 0 Å². The summed E-state index contributed by atoms with van der Waals surface area (Å²) in [6.45, 7) is 6.27. The molecular formula is C25H26Cl2N7+. The van der Waals surface area contributed by atoms with E-state index in [1.807, 2.05) is 18.2 Å². The topological polar surface area (TPSA) is 52.3 Å². The molecule has 0 aliphatic carbocycles. The van der Waals surface area contributed by atoms with Gasteiger partial charge in [0.15, 0.2) is 0 Å². The van der Waals surface area contributed by atoms with Crippen molar-refractivity contribution >= 4 is 56.6 Å². The molecule has 0 atom stereocenters. The van der Waals surface area contributed by atoms with Crippen molar-refractivity contribution < 1.29 is 4.57 Å². The molecule has 174 valence electrons. The standard InChI is InChI=1S/C25H26Cl2N7/c26-24-28-20-9-3-1-7-18(20)22(29-24)33-15-13-31(14-16-33)17-34-21-10-4-2-8-19(21)23(30-25(34)27)32-11-5-6-12-32/h1-4,7-10H,5-6,11-17H2/q+1. The van der Waals surface area contributed by atoms with Crippen molar-refractivity contribution in [2.24, 2.45) is 0 Å². The molecule has 34 heavy (non-hydrogen) atoms. The first kappa shape index (κ1) is 21.8. The van der Waals surface area contributed by atoms with Crippen LogP contribution in [0.25, 0.3) is 21.8 Å². The zero-order valence-corrected chi connectivity index (χ0v) is 20.4. The summed E-state index contributed by atoms with van der Waals surface area (Å²) >= 11 is 13.0. The van der Waals surface area contributed by atoms with Crippen molar-refractivity contribution in [2.45, 2.75) is 19.5 Å². The molecule has 2 aliphatic heterocycles. The van der Waals surface area contributed by atoms with E-state index in [-0.39, 0.29) is 5.28 Å². The van der Waals surface area contributed by atoms with Gasteiger partial charge in [0.25, 0.3) is 5.82 Å². The van der Waals surface area contributed by atoms with Crippen molar-refractivity contribution in [3.05, 3.63) is 59.1 Å². The largest absolute Gasteiger partial charge is 0.399 e. The molecule has 0 radical (unpaired) electrons. The second kappa shape index (κ2) is 9.13. The van der Waals surface area contributed by atoms with Gasteiger partial charge >= 0.3 is 5.28 Å². The highest BCUT2D eigenvalue weighted by atomic mass is 35.5. The number of halogens is 2. The quantitative estimate of drug-likeness (QED) is 0.313. The minimum Gasteiger partial charge on any atom is -0.353 e. The van der Waals surface area contributed by atoms with Gasteiger partial charge in [-0.25, -0.2) is 4.98 Å². The number of hydrogen-bond donors (Lipinski definition) is 0. The number of rotatable bonds is 4. The Hall–Kier alpha value is -2.74. The summed E-state index contributed by atoms with van der Waals surface area (Å²) in [6.07, 6.45) is 2.42. The number of para-hydroxylation sites is 2. The second-order valence-electron chi connectivity index (χ2n) is 8.92. The van der Waals surface area contributed by atoms with E-state index in [4.69, 9.17) is 28.2 Å². The van der Waals surface area contributed by atoms with E-state index in [1.54, 1.807) is 0 Å². The van der Waals surface area contributed by atoms with E-state index in [0.717, 1.165) is 72.7 Å². The van der Waals surface area contributed by atoms with Gasteiger partial charge in [0.05, 0.1) is 10.9 Å². The van der Waals surface area contributed by atoms with Crippen LogP contribution in [0.1, 0.15) is 12.8 Å². The molecule has 0 saturated carbocycles. The Morgan fingerprint density at radius 3 is 2.15 bits per heavy atom. The predicted octanol–water partition coefficient (Wildman–Crippen LogP) is 4.15. The van der Waals surface area contributed by atoms with E-state index < -0.39 is 0 Å². The Labute approximate surface area is 208 Å². The number of fused-ring (bicyclic) bond motifs is 2. The lowest BCUT2D eigenvalue weighted by atomic mass is 10.2. The molecule has 6 rings (SSSR count). The number of aromatic nitrogens is 4. The van der Waals surface area contributed by atoms with Crippen molar-refractivity contribution in [1.82, 2.24) is 19.9 Å². The fourth-order valence-corrected chi connectivity index (χ4v) is 5.48. The molecular weight excluding hydrogens is 469 g/mol. The highest BCUT2D eigenvalue weighted by molar-refractivity contribution is 6.29. The van der Waals surface area contributed by atoms with Gasteiger partial charge in [-0.2, -0.15) is 9.55 Å². The molecule has 0 spiro atoms. The van der Waals surface area contributed by atoms with Crippen LogP contribution in [0.2, 0.25) is 10.6 Å². The van der Waals surface area contributed by atoms with E-state index >= 15 is 0 Å². The Bertz CT molecular complexity index is 1350. The van der Waals surface area contributed by atoms with Crippen LogP contribution in [-0.2, 0) is 6.67 Å². The van der Waals surface area contributed by atoms with Crippen molar-refractivity contribution in [3.8, 4) is 0 Å². The summed E-state index contributed by atoms with van der Waals surface area (Å²) < 4.78 is 2.13. The fraction of sp³-hybridized carbons (Fsp3) is 0.360. The van der Waals surface area contributed by atoms with Gasteiger partial charge in [-0.05, 0) is 53.7 Å². The molecule has 2 aliphatic rings. The van der Waals surface area contributed by atoms with Crippen LogP contribution in [0.4, 0.5) is 11.6 Å². The van der Waals surface area contributed by atoms with Crippen molar-refractivity contribution in [2.75, 3.05) is 49.1 Å². The molecule has 9 heteroatoms. The summed E-state index contributed by atoms with van der Waals surface area (Å²) in [4.78, 5) is 20.8. The molecule has 2 aromatic carbocycles. The summed E-state index contributed by atoms with van der Waals surface area (Å²) in [6, 6.07) is 16.5. The molecule has 4 aromatic rings. The predicted molar refractivity (Wildman–Crippen MR) is 137 cm³/mol. The smallest absolute Gasteiger partial charge is 0.353 e. The maximum Gasteiger partial charge on any atom is 0.399 e. The molecule has 2 saturated heterocycles. The first-order chi connectivity index (χ1) is 16.7. The minimum absolute atomic E-state index is 0.286. The normalized spacial score (nSPS) is 17.2. The lowest BCUT2D eigenvalue weighted by molar-refractivity contribution is -0.691. The number of nitrogens with zero attached hydrogens (tertiary/aromatic N) is 7. The Morgan fingerprint density at radius 2 is 1.35 bits per heavy atom. The maximum absolute atomic E-state index is 6.77. The van der Waals surface area contributed by atoms with Crippen LogP contribution in [0.5, 0.6) is 0 Å². The summed E-state index contributed by atoms with van der Waals surface area (Å²) in [5, 5.41) is 3.02. The zero-order chi connectivity index (χ0) is 23.1. The highest BCUT2D eigenvalue weighted by Gasteiger charge is 2.28. The average Bonchev–Trinajstić information content (AvgIpc) is 3.40. The number of anilines is 2. The Kier molecular flexibility index (Phi) is 5.85. The molecule has 7 nitrogen and oxygen atoms in total. The minimum atomic E-state index is 0.286. The Morgan fingerprint density at radius 1 is 0.706 bits per heavy atom. The van der Waals surface area contributed by atoms with Gasteiger partial charge in [-0.15, -0.1) is 0 Å². The Balaban J connectivity index is 1.24. The summed E-state index contributed by atoms with van der Waals surface area (Å²) in [5.74, 6) is 1.91. The third-order valence-electron chi connectivity index (χ3n) is 6.83. The highest BCUT2D eigenvalue weighted by Crippen LogP contribution is 2.28. The first-order valence-corrected chi connectivity index (χ1v) is 12.6. The van der Waals surface area contributed by atoms with Crippen LogP contribution >= 0.6 is 23.2 Å². The third kappa shape index (κ3) is 4.02. The van der Waals surface area contributed by atoms with Crippen molar-refractivity contribution in [3.63, 3.8) is 0 Å². The number of benzene rings is 2. The van der Waals surface area contributed by atoms with Crippen LogP contribution in [0.3, 0.4) is 0 Å². The van der Waals surface area contributed by atoms with Crippen LogP contribution in [-0.4, -0.2) is 59.1 Å². The molecule has 2 fully saturated rings. The molecule has 0 N–H and O–H groups in total. The molecule has 0 bridgehead atoms. The van der Waals surface area contributed by atoms with E-state index in [9.17, 15) is 0 Å². The SMILES string of the molecule is Clc1nc(N2CCN(C[n+]3c(Cl)nc(N4CCCC4)c4ccccc43)CC2)c2ccccc2n1. The van der Waals surface area contributed by atoms with E-state index in [1.165, 1.54) is 12.8 Å². The summed E-state index contributed by atoms with van der Waals surface area (Å²) in [7, 11) is 0. The number of piperazine rings is 1. The first-order valence-electron chi connectivity index (χ1n) is 11.8. The van der Waals surface area contributed by atoms with Crippen LogP contribution in [0, 0.1) is 0 Å². The number of hydrogen-bond acceptors (Lipinski definition) is 6. The second-order valence-corrected chi connectivity index (χ2v) is 9.60. The average molecular weight is 495 g/mol. The third-order valence-corrected chi connectivity index (χ3v) is 7.29. The van der Waals surface area contributed by atoms with Gasteiger partial charge in [0.1, 0.15) is 18.0 Å². The van der Waals surface area contributed by atoms with Gasteiger partial charge in [0, 0.05) is 56.3 Å². The van der Waals surface area contributed by atoms with Crippen LogP contribution < -0.4 is 14.4 Å². The molecule has 0 unspecified atom stereocenters. The summed E-state index contributed by atoms with van der Waals surface area (Å²) in [5.41, 5.74) is 2.00. The van der Waals surface area contributed by atoms with Gasteiger partial charge < -0.3 is 9.80 Å². The fourth-order valence-electron chi connectivity index (χ4n) is 5.08. The molecule has 4 heterocycles. The monoisotopic (exact) mass is 494 g/mol.